The molecule has 0 unspecified atom stereocenters. The molecule has 0 radical (unpaired) electrons. The summed E-state index contributed by atoms with van der Waals surface area (Å²) in [6.45, 7) is 0.276. The smallest absolute Gasteiger partial charge is 0.240 e. The highest BCUT2D eigenvalue weighted by molar-refractivity contribution is 7.89. The quantitative estimate of drug-likeness (QED) is 0.516. The summed E-state index contributed by atoms with van der Waals surface area (Å²) in [5.74, 6) is 0.146. The lowest BCUT2D eigenvalue weighted by Crippen LogP contribution is -2.28. The number of sulfonamides is 1. The monoisotopic (exact) mass is 383 g/mol. The Bertz CT molecular complexity index is 1080. The van der Waals surface area contributed by atoms with E-state index in [-0.39, 0.29) is 23.9 Å². The largest absolute Gasteiger partial charge is 0.492 e. The molecule has 1 N–H and O–H groups in total. The van der Waals surface area contributed by atoms with Gasteiger partial charge in [-0.3, -0.25) is 0 Å². The van der Waals surface area contributed by atoms with Gasteiger partial charge < -0.3 is 4.74 Å². The van der Waals surface area contributed by atoms with Crippen LogP contribution in [0, 0.1) is 5.82 Å². The van der Waals surface area contributed by atoms with Crippen molar-refractivity contribution >= 4 is 10.0 Å². The van der Waals surface area contributed by atoms with Gasteiger partial charge in [0.05, 0.1) is 4.90 Å². The van der Waals surface area contributed by atoms with Crippen molar-refractivity contribution in [3.8, 4) is 16.9 Å². The van der Waals surface area contributed by atoms with Crippen LogP contribution in [-0.4, -0.2) is 21.6 Å². The number of halogens is 1. The molecular formula is C21H18FNO3S. The molecule has 6 heteroatoms. The fraction of sp³-hybridized carbons (Fsp3) is 0.143. The average Bonchev–Trinajstić information content (AvgIpc) is 3.04. The zero-order valence-electron chi connectivity index (χ0n) is 14.5. The second-order valence-corrected chi connectivity index (χ2v) is 8.12. The van der Waals surface area contributed by atoms with E-state index in [0.717, 1.165) is 23.1 Å². The summed E-state index contributed by atoms with van der Waals surface area (Å²) in [5, 5.41) is 0. The molecule has 0 aromatic heterocycles. The number of ether oxygens (including phenoxy) is 1. The topological polar surface area (TPSA) is 55.4 Å². The molecule has 0 spiro atoms. The van der Waals surface area contributed by atoms with Gasteiger partial charge in [0.15, 0.2) is 0 Å². The lowest BCUT2D eigenvalue weighted by molar-refractivity contribution is 0.322. The van der Waals surface area contributed by atoms with Crippen LogP contribution in [0.25, 0.3) is 11.1 Å². The number of fused-ring (bicyclic) bond motifs is 3. The zero-order valence-corrected chi connectivity index (χ0v) is 15.3. The second-order valence-electron chi connectivity index (χ2n) is 6.35. The van der Waals surface area contributed by atoms with Crippen LogP contribution in [-0.2, 0) is 16.4 Å². The Kier molecular flexibility index (Phi) is 4.68. The minimum Gasteiger partial charge on any atom is -0.492 e. The van der Waals surface area contributed by atoms with Crippen LogP contribution in [0.4, 0.5) is 4.39 Å². The first kappa shape index (κ1) is 17.7. The fourth-order valence-corrected chi connectivity index (χ4v) is 4.31. The molecule has 138 valence electrons. The molecular weight excluding hydrogens is 365 g/mol. The highest BCUT2D eigenvalue weighted by Gasteiger charge is 2.21. The Balaban J connectivity index is 1.41. The summed E-state index contributed by atoms with van der Waals surface area (Å²) < 4.78 is 45.9. The maximum atomic E-state index is 12.9. The van der Waals surface area contributed by atoms with Crippen molar-refractivity contribution in [2.24, 2.45) is 0 Å². The first-order chi connectivity index (χ1) is 13.0. The van der Waals surface area contributed by atoms with Crippen LogP contribution in [0.15, 0.2) is 71.6 Å². The first-order valence-corrected chi connectivity index (χ1v) is 10.1. The van der Waals surface area contributed by atoms with E-state index in [1.54, 1.807) is 12.1 Å². The molecule has 0 aliphatic heterocycles. The molecule has 3 aromatic carbocycles. The van der Waals surface area contributed by atoms with Crippen LogP contribution in [0.5, 0.6) is 5.75 Å². The molecule has 1 aliphatic carbocycles. The third-order valence-electron chi connectivity index (χ3n) is 4.55. The normalized spacial score (nSPS) is 12.5. The molecule has 0 saturated heterocycles. The standard InChI is InChI=1S/C21H18FNO3S/c22-17-5-7-18(8-6-17)26-12-11-23-27(24,25)19-9-10-21-16(14-19)13-15-3-1-2-4-20(15)21/h1-10,14,23H,11-13H2. The van der Waals surface area contributed by atoms with Crippen molar-refractivity contribution in [1.82, 2.24) is 4.72 Å². The predicted octanol–water partition coefficient (Wildman–Crippen LogP) is 3.75. The van der Waals surface area contributed by atoms with Gasteiger partial charge in [-0.15, -0.1) is 0 Å². The maximum absolute atomic E-state index is 12.9. The predicted molar refractivity (Wildman–Crippen MR) is 102 cm³/mol. The number of hydrogen-bond acceptors (Lipinski definition) is 3. The average molecular weight is 383 g/mol. The summed E-state index contributed by atoms with van der Waals surface area (Å²) in [6.07, 6.45) is 0.739. The summed E-state index contributed by atoms with van der Waals surface area (Å²) in [7, 11) is -3.62. The molecule has 27 heavy (non-hydrogen) atoms. The Morgan fingerprint density at radius 1 is 0.926 bits per heavy atom. The molecule has 0 heterocycles. The molecule has 0 saturated carbocycles. The minimum absolute atomic E-state index is 0.122. The molecule has 0 atom stereocenters. The van der Waals surface area contributed by atoms with E-state index in [2.05, 4.69) is 16.9 Å². The van der Waals surface area contributed by atoms with Crippen molar-refractivity contribution in [2.45, 2.75) is 11.3 Å². The Morgan fingerprint density at radius 2 is 1.67 bits per heavy atom. The summed E-state index contributed by atoms with van der Waals surface area (Å²) in [6, 6.07) is 18.9. The molecule has 3 aromatic rings. The Hall–Kier alpha value is -2.70. The lowest BCUT2D eigenvalue weighted by Gasteiger charge is -2.10. The molecule has 0 fully saturated rings. The van der Waals surface area contributed by atoms with Gasteiger partial charge in [-0.25, -0.2) is 17.5 Å². The van der Waals surface area contributed by atoms with Crippen LogP contribution in [0.3, 0.4) is 0 Å². The second kappa shape index (κ2) is 7.13. The van der Waals surface area contributed by atoms with Crippen molar-refractivity contribution in [2.75, 3.05) is 13.2 Å². The molecule has 0 bridgehead atoms. The third kappa shape index (κ3) is 3.72. The first-order valence-electron chi connectivity index (χ1n) is 8.62. The van der Waals surface area contributed by atoms with E-state index in [9.17, 15) is 12.8 Å². The van der Waals surface area contributed by atoms with Gasteiger partial charge in [-0.2, -0.15) is 0 Å². The van der Waals surface area contributed by atoms with Gasteiger partial charge in [0.25, 0.3) is 0 Å². The van der Waals surface area contributed by atoms with Crippen molar-refractivity contribution < 1.29 is 17.5 Å². The zero-order chi connectivity index (χ0) is 18.9. The molecule has 1 aliphatic rings. The summed E-state index contributed by atoms with van der Waals surface area (Å²) in [5.41, 5.74) is 4.48. The highest BCUT2D eigenvalue weighted by Crippen LogP contribution is 2.37. The van der Waals surface area contributed by atoms with Crippen molar-refractivity contribution in [3.05, 3.63) is 83.7 Å². The number of benzene rings is 3. The van der Waals surface area contributed by atoms with Crippen LogP contribution < -0.4 is 9.46 Å². The van der Waals surface area contributed by atoms with E-state index in [1.807, 2.05) is 18.2 Å². The van der Waals surface area contributed by atoms with E-state index < -0.39 is 10.0 Å². The maximum Gasteiger partial charge on any atom is 0.240 e. The van der Waals surface area contributed by atoms with Gasteiger partial charge in [0.1, 0.15) is 18.2 Å². The van der Waals surface area contributed by atoms with Crippen LogP contribution >= 0.6 is 0 Å². The highest BCUT2D eigenvalue weighted by atomic mass is 32.2. The molecule has 0 amide bonds. The van der Waals surface area contributed by atoms with Gasteiger partial charge >= 0.3 is 0 Å². The summed E-state index contributed by atoms with van der Waals surface area (Å²) in [4.78, 5) is 0.246. The van der Waals surface area contributed by atoms with Crippen LogP contribution in [0.2, 0.25) is 0 Å². The fourth-order valence-electron chi connectivity index (χ4n) is 3.25. The van der Waals surface area contributed by atoms with E-state index >= 15 is 0 Å². The molecule has 4 rings (SSSR count). The van der Waals surface area contributed by atoms with E-state index in [1.165, 1.54) is 29.8 Å². The third-order valence-corrected chi connectivity index (χ3v) is 6.01. The number of hydrogen-bond donors (Lipinski definition) is 1. The SMILES string of the molecule is O=S(=O)(NCCOc1ccc(F)cc1)c1ccc2c(c1)Cc1ccccc1-2. The van der Waals surface area contributed by atoms with E-state index in [0.29, 0.717) is 5.75 Å². The van der Waals surface area contributed by atoms with Gasteiger partial charge in [0.2, 0.25) is 10.0 Å². The summed E-state index contributed by atoms with van der Waals surface area (Å²) >= 11 is 0. The minimum atomic E-state index is -3.62. The van der Waals surface area contributed by atoms with Crippen molar-refractivity contribution in [3.63, 3.8) is 0 Å². The Labute approximate surface area is 157 Å². The number of rotatable bonds is 6. The lowest BCUT2D eigenvalue weighted by atomic mass is 10.1. The van der Waals surface area contributed by atoms with Gasteiger partial charge in [-0.05, 0) is 65.1 Å². The van der Waals surface area contributed by atoms with Crippen LogP contribution in [0.1, 0.15) is 11.1 Å². The van der Waals surface area contributed by atoms with Gasteiger partial charge in [0, 0.05) is 6.54 Å². The van der Waals surface area contributed by atoms with E-state index in [4.69, 9.17) is 4.74 Å². The number of nitrogens with one attached hydrogen (secondary N) is 1. The molecule has 4 nitrogen and oxygen atoms in total. The van der Waals surface area contributed by atoms with Gasteiger partial charge in [-0.1, -0.05) is 30.3 Å². The Morgan fingerprint density at radius 3 is 2.48 bits per heavy atom. The van der Waals surface area contributed by atoms with Crippen molar-refractivity contribution in [1.29, 1.82) is 0 Å².